The minimum Gasteiger partial charge on any atom is -0.166 e. The van der Waals surface area contributed by atoms with E-state index in [0.29, 0.717) is 33.4 Å². The Hall–Kier alpha value is -5.88. The van der Waals surface area contributed by atoms with E-state index in [9.17, 15) is 26.3 Å². The van der Waals surface area contributed by atoms with Gasteiger partial charge < -0.3 is 0 Å². The van der Waals surface area contributed by atoms with Crippen molar-refractivity contribution in [2.75, 3.05) is 0 Å². The zero-order chi connectivity index (χ0) is 37.1. The van der Waals surface area contributed by atoms with E-state index < -0.39 is 40.2 Å². The fourth-order valence-electron chi connectivity index (χ4n) is 8.18. The standard InChI is InChI=1S/C47H34F6/c48-46(49,50)41-31-34(32-42(33-41)47(51,52)53)43(44(35-19-7-1-8-20-35,36-21-9-2-10-22-36)37-23-11-3-12-24-37)45(38-25-13-4-14-26-38,39-27-15-5-16-28-39)40-29-17-6-18-30-40/h1-33,43H. The average molecular weight is 713 g/mol. The molecule has 0 unspecified atom stereocenters. The highest BCUT2D eigenvalue weighted by Gasteiger charge is 2.57. The molecule has 0 aliphatic rings. The Morgan fingerprint density at radius 3 is 0.660 bits per heavy atom. The number of halogens is 6. The highest BCUT2D eigenvalue weighted by atomic mass is 19.4. The van der Waals surface area contributed by atoms with Gasteiger partial charge in [0.1, 0.15) is 0 Å². The van der Waals surface area contributed by atoms with Crippen LogP contribution in [-0.2, 0) is 23.2 Å². The second-order valence-electron chi connectivity index (χ2n) is 13.1. The lowest BCUT2D eigenvalue weighted by Gasteiger charge is -2.53. The fourth-order valence-corrected chi connectivity index (χ4v) is 8.18. The van der Waals surface area contributed by atoms with E-state index in [0.717, 1.165) is 12.1 Å². The Morgan fingerprint density at radius 2 is 0.472 bits per heavy atom. The zero-order valence-corrected chi connectivity index (χ0v) is 28.4. The SMILES string of the molecule is FC(F)(F)c1cc(C(C(c2ccccc2)(c2ccccc2)c2ccccc2)C(c2ccccc2)(c2ccccc2)c2ccccc2)cc(C(F)(F)F)c1. The van der Waals surface area contributed by atoms with Gasteiger partial charge in [-0.2, -0.15) is 26.3 Å². The highest BCUT2D eigenvalue weighted by Crippen LogP contribution is 2.62. The van der Waals surface area contributed by atoms with E-state index in [1.165, 1.54) is 0 Å². The van der Waals surface area contributed by atoms with E-state index in [2.05, 4.69) is 0 Å². The number of hydrogen-bond donors (Lipinski definition) is 0. The highest BCUT2D eigenvalue weighted by molar-refractivity contribution is 5.64. The summed E-state index contributed by atoms with van der Waals surface area (Å²) in [6, 6.07) is 58.4. The number of rotatable bonds is 9. The molecule has 0 amide bonds. The van der Waals surface area contributed by atoms with E-state index in [1.807, 2.05) is 182 Å². The molecule has 264 valence electrons. The van der Waals surface area contributed by atoms with E-state index in [4.69, 9.17) is 0 Å². The van der Waals surface area contributed by atoms with Gasteiger partial charge >= 0.3 is 12.4 Å². The van der Waals surface area contributed by atoms with Crippen molar-refractivity contribution in [3.63, 3.8) is 0 Å². The molecule has 7 aromatic carbocycles. The Bertz CT molecular complexity index is 1880. The summed E-state index contributed by atoms with van der Waals surface area (Å²) in [6.07, 6.45) is -10.2. The molecule has 0 spiro atoms. The van der Waals surface area contributed by atoms with E-state index >= 15 is 0 Å². The maximum Gasteiger partial charge on any atom is 0.416 e. The lowest BCUT2D eigenvalue weighted by atomic mass is 9.47. The first-order valence-electron chi connectivity index (χ1n) is 17.2. The monoisotopic (exact) mass is 712 g/mol. The van der Waals surface area contributed by atoms with Crippen LogP contribution in [0, 0.1) is 0 Å². The summed E-state index contributed by atoms with van der Waals surface area (Å²) < 4.78 is 89.8. The molecule has 0 N–H and O–H groups in total. The van der Waals surface area contributed by atoms with Gasteiger partial charge in [0.2, 0.25) is 0 Å². The summed E-state index contributed by atoms with van der Waals surface area (Å²) in [6.45, 7) is 0. The molecule has 0 aliphatic carbocycles. The third kappa shape index (κ3) is 6.43. The molecule has 0 aliphatic heterocycles. The molecule has 0 saturated carbocycles. The summed E-state index contributed by atoms with van der Waals surface area (Å²) in [5.41, 5.74) is -1.52. The van der Waals surface area contributed by atoms with Gasteiger partial charge in [-0.05, 0) is 57.1 Å². The third-order valence-corrected chi connectivity index (χ3v) is 10.2. The Kier molecular flexibility index (Phi) is 9.56. The molecular formula is C47H34F6. The molecule has 0 atom stereocenters. The first kappa shape index (κ1) is 35.5. The van der Waals surface area contributed by atoms with Crippen molar-refractivity contribution in [2.45, 2.75) is 29.1 Å². The van der Waals surface area contributed by atoms with Crippen LogP contribution in [0.3, 0.4) is 0 Å². The lowest BCUT2D eigenvalue weighted by Crippen LogP contribution is -2.49. The van der Waals surface area contributed by atoms with Crippen molar-refractivity contribution in [3.05, 3.63) is 250 Å². The van der Waals surface area contributed by atoms with E-state index in [-0.39, 0.29) is 11.6 Å². The van der Waals surface area contributed by atoms with Gasteiger partial charge in [-0.1, -0.05) is 182 Å². The summed E-state index contributed by atoms with van der Waals surface area (Å²) in [5, 5.41) is 0. The van der Waals surface area contributed by atoms with Crippen LogP contribution in [0.4, 0.5) is 26.3 Å². The second kappa shape index (κ2) is 14.3. The van der Waals surface area contributed by atoms with Crippen molar-refractivity contribution in [2.24, 2.45) is 0 Å². The van der Waals surface area contributed by atoms with Gasteiger partial charge in [0.05, 0.1) is 22.0 Å². The topological polar surface area (TPSA) is 0 Å². The summed E-state index contributed by atoms with van der Waals surface area (Å²) >= 11 is 0. The van der Waals surface area contributed by atoms with Gasteiger partial charge in [-0.25, -0.2) is 0 Å². The molecule has 6 heteroatoms. The van der Waals surface area contributed by atoms with Crippen molar-refractivity contribution in [1.29, 1.82) is 0 Å². The Morgan fingerprint density at radius 1 is 0.264 bits per heavy atom. The maximum absolute atomic E-state index is 15.0. The van der Waals surface area contributed by atoms with Crippen molar-refractivity contribution in [3.8, 4) is 0 Å². The predicted octanol–water partition coefficient (Wildman–Crippen LogP) is 12.9. The zero-order valence-electron chi connectivity index (χ0n) is 28.4. The van der Waals surface area contributed by atoms with Crippen molar-refractivity contribution < 1.29 is 26.3 Å². The van der Waals surface area contributed by atoms with Crippen molar-refractivity contribution in [1.82, 2.24) is 0 Å². The Balaban J connectivity index is 1.83. The van der Waals surface area contributed by atoms with Crippen LogP contribution < -0.4 is 0 Å². The number of hydrogen-bond acceptors (Lipinski definition) is 0. The lowest BCUT2D eigenvalue weighted by molar-refractivity contribution is -0.143. The largest absolute Gasteiger partial charge is 0.416 e. The molecule has 0 aromatic heterocycles. The second-order valence-corrected chi connectivity index (χ2v) is 13.1. The van der Waals surface area contributed by atoms with Gasteiger partial charge in [0.15, 0.2) is 0 Å². The molecule has 0 saturated heterocycles. The summed E-state index contributed by atoms with van der Waals surface area (Å²) in [7, 11) is 0. The predicted molar refractivity (Wildman–Crippen MR) is 198 cm³/mol. The van der Waals surface area contributed by atoms with Crippen LogP contribution in [0.25, 0.3) is 0 Å². The fraction of sp³-hybridized carbons (Fsp3) is 0.106. The van der Waals surface area contributed by atoms with Crippen LogP contribution in [0.15, 0.2) is 200 Å². The molecule has 0 nitrogen and oxygen atoms in total. The molecule has 7 rings (SSSR count). The van der Waals surface area contributed by atoms with Gasteiger partial charge in [-0.3, -0.25) is 0 Å². The number of benzene rings is 7. The van der Waals surface area contributed by atoms with Crippen LogP contribution in [0.2, 0.25) is 0 Å². The van der Waals surface area contributed by atoms with Crippen LogP contribution in [0.1, 0.15) is 56.0 Å². The van der Waals surface area contributed by atoms with Gasteiger partial charge in [0, 0.05) is 5.92 Å². The van der Waals surface area contributed by atoms with Gasteiger partial charge in [-0.15, -0.1) is 0 Å². The minimum absolute atomic E-state index is 0.125. The number of alkyl halides is 6. The van der Waals surface area contributed by atoms with Crippen molar-refractivity contribution >= 4 is 0 Å². The first-order valence-corrected chi connectivity index (χ1v) is 17.2. The minimum atomic E-state index is -5.08. The normalized spacial score (nSPS) is 12.5. The van der Waals surface area contributed by atoms with Crippen LogP contribution in [0.5, 0.6) is 0 Å². The molecule has 7 aromatic rings. The molecule has 0 heterocycles. The van der Waals surface area contributed by atoms with E-state index in [1.54, 1.807) is 0 Å². The van der Waals surface area contributed by atoms with Crippen LogP contribution >= 0.6 is 0 Å². The molecule has 0 bridgehead atoms. The molecule has 0 radical (unpaired) electrons. The average Bonchev–Trinajstić information content (AvgIpc) is 3.19. The van der Waals surface area contributed by atoms with Gasteiger partial charge in [0.25, 0.3) is 0 Å². The Labute approximate surface area is 305 Å². The first-order chi connectivity index (χ1) is 25.6. The molecule has 53 heavy (non-hydrogen) atoms. The maximum atomic E-state index is 15.0. The molecule has 0 fully saturated rings. The van der Waals surface area contributed by atoms with Crippen LogP contribution in [-0.4, -0.2) is 0 Å². The summed E-state index contributed by atoms with van der Waals surface area (Å²) in [4.78, 5) is 0. The summed E-state index contributed by atoms with van der Waals surface area (Å²) in [5.74, 6) is -1.18. The molecular weight excluding hydrogens is 679 g/mol. The quantitative estimate of drug-likeness (QED) is 0.103. The smallest absolute Gasteiger partial charge is 0.166 e. The third-order valence-electron chi connectivity index (χ3n) is 10.2.